The topological polar surface area (TPSA) is 81.4 Å². The van der Waals surface area contributed by atoms with Crippen LogP contribution in [0, 0.1) is 5.82 Å². The van der Waals surface area contributed by atoms with Gasteiger partial charge in [0.2, 0.25) is 10.0 Å². The first-order chi connectivity index (χ1) is 8.90. The maximum Gasteiger partial charge on any atom is 0.243 e. The lowest BCUT2D eigenvalue weighted by atomic mass is 10.1. The van der Waals surface area contributed by atoms with Crippen LogP contribution in [0.1, 0.15) is 19.8 Å². The number of hydrogen-bond donors (Lipinski definition) is 2. The van der Waals surface area contributed by atoms with Gasteiger partial charge in [-0.25, -0.2) is 17.5 Å². The van der Waals surface area contributed by atoms with Gasteiger partial charge in [0.1, 0.15) is 10.7 Å². The fraction of sp³-hybridized carbons (Fsp3) is 0.500. The zero-order chi connectivity index (χ0) is 14.0. The summed E-state index contributed by atoms with van der Waals surface area (Å²) in [4.78, 5) is -0.239. The second-order valence-corrected chi connectivity index (χ2v) is 6.33. The van der Waals surface area contributed by atoms with Gasteiger partial charge in [0.25, 0.3) is 0 Å². The standard InChI is InChI=1S/C12H17FN2O3S/c1-8(11-3-2-6-18-11)15-19(16,17)12-7-9(13)4-5-10(12)14/h4-5,7-8,11,15H,2-3,6,14H2,1H3. The number of nitrogen functional groups attached to an aromatic ring is 1. The molecule has 3 N–H and O–H groups in total. The van der Waals surface area contributed by atoms with Gasteiger partial charge >= 0.3 is 0 Å². The quantitative estimate of drug-likeness (QED) is 0.817. The van der Waals surface area contributed by atoms with Crippen molar-refractivity contribution in [3.8, 4) is 0 Å². The first-order valence-corrected chi connectivity index (χ1v) is 7.57. The van der Waals surface area contributed by atoms with E-state index in [4.69, 9.17) is 10.5 Å². The van der Waals surface area contributed by atoms with Gasteiger partial charge in [-0.3, -0.25) is 0 Å². The van der Waals surface area contributed by atoms with Gasteiger partial charge in [-0.05, 0) is 38.0 Å². The number of sulfonamides is 1. The molecule has 0 saturated carbocycles. The predicted molar refractivity (Wildman–Crippen MR) is 69.6 cm³/mol. The van der Waals surface area contributed by atoms with Gasteiger partial charge in [-0.15, -0.1) is 0 Å². The summed E-state index contributed by atoms with van der Waals surface area (Å²) in [6, 6.07) is 2.90. The van der Waals surface area contributed by atoms with E-state index < -0.39 is 15.8 Å². The molecule has 0 aromatic heterocycles. The second kappa shape index (κ2) is 5.44. The summed E-state index contributed by atoms with van der Waals surface area (Å²) >= 11 is 0. The lowest BCUT2D eigenvalue weighted by Gasteiger charge is -2.20. The molecule has 1 heterocycles. The Hall–Kier alpha value is -1.18. The van der Waals surface area contributed by atoms with Crippen molar-refractivity contribution < 1.29 is 17.5 Å². The number of benzene rings is 1. The molecule has 1 aliphatic rings. The molecule has 1 saturated heterocycles. The minimum absolute atomic E-state index is 0.0217. The molecule has 0 bridgehead atoms. The Balaban J connectivity index is 2.19. The van der Waals surface area contributed by atoms with Crippen LogP contribution in [0.2, 0.25) is 0 Å². The van der Waals surface area contributed by atoms with Crippen molar-refractivity contribution in [3.05, 3.63) is 24.0 Å². The molecule has 106 valence electrons. The van der Waals surface area contributed by atoms with Gasteiger partial charge < -0.3 is 10.5 Å². The molecule has 1 aliphatic heterocycles. The van der Waals surface area contributed by atoms with Crippen LogP contribution < -0.4 is 10.5 Å². The minimum Gasteiger partial charge on any atom is -0.398 e. The molecule has 0 aliphatic carbocycles. The van der Waals surface area contributed by atoms with Crippen LogP contribution in [0.3, 0.4) is 0 Å². The molecular weight excluding hydrogens is 271 g/mol. The maximum absolute atomic E-state index is 13.1. The molecular formula is C12H17FN2O3S. The molecule has 1 fully saturated rings. The smallest absolute Gasteiger partial charge is 0.243 e. The molecule has 0 amide bonds. The molecule has 5 nitrogen and oxygen atoms in total. The number of nitrogens with one attached hydrogen (secondary N) is 1. The van der Waals surface area contributed by atoms with E-state index in [-0.39, 0.29) is 22.7 Å². The first-order valence-electron chi connectivity index (χ1n) is 6.09. The number of anilines is 1. The Morgan fingerprint density at radius 2 is 2.26 bits per heavy atom. The van der Waals surface area contributed by atoms with E-state index in [1.54, 1.807) is 6.92 Å². The molecule has 2 atom stereocenters. The van der Waals surface area contributed by atoms with E-state index in [0.717, 1.165) is 25.0 Å². The number of hydrogen-bond acceptors (Lipinski definition) is 4. The maximum atomic E-state index is 13.1. The van der Waals surface area contributed by atoms with Crippen molar-refractivity contribution in [2.45, 2.75) is 36.8 Å². The molecule has 1 aromatic carbocycles. The van der Waals surface area contributed by atoms with E-state index in [1.165, 1.54) is 6.07 Å². The van der Waals surface area contributed by atoms with E-state index in [1.807, 2.05) is 0 Å². The number of halogens is 1. The number of rotatable bonds is 4. The summed E-state index contributed by atoms with van der Waals surface area (Å²) in [7, 11) is -3.85. The van der Waals surface area contributed by atoms with Crippen molar-refractivity contribution >= 4 is 15.7 Å². The highest BCUT2D eigenvalue weighted by molar-refractivity contribution is 7.89. The summed E-state index contributed by atoms with van der Waals surface area (Å²) in [5, 5.41) is 0. The number of nitrogens with two attached hydrogens (primary N) is 1. The summed E-state index contributed by atoms with van der Waals surface area (Å²) < 4.78 is 45.4. The highest BCUT2D eigenvalue weighted by Crippen LogP contribution is 2.21. The van der Waals surface area contributed by atoms with E-state index >= 15 is 0 Å². The molecule has 19 heavy (non-hydrogen) atoms. The summed E-state index contributed by atoms with van der Waals surface area (Å²) in [6.45, 7) is 2.36. The second-order valence-electron chi connectivity index (χ2n) is 4.64. The van der Waals surface area contributed by atoms with Crippen LogP contribution in [0.15, 0.2) is 23.1 Å². The third-order valence-corrected chi connectivity index (χ3v) is 4.74. The van der Waals surface area contributed by atoms with E-state index in [9.17, 15) is 12.8 Å². The predicted octanol–water partition coefficient (Wildman–Crippen LogP) is 1.25. The normalized spacial score (nSPS) is 21.5. The van der Waals surface area contributed by atoms with Crippen molar-refractivity contribution in [1.82, 2.24) is 4.72 Å². The van der Waals surface area contributed by atoms with Crippen molar-refractivity contribution in [2.75, 3.05) is 12.3 Å². The van der Waals surface area contributed by atoms with Crippen LogP contribution >= 0.6 is 0 Å². The Morgan fingerprint density at radius 3 is 2.89 bits per heavy atom. The average Bonchev–Trinajstić information content (AvgIpc) is 2.85. The van der Waals surface area contributed by atoms with E-state index in [0.29, 0.717) is 6.61 Å². The number of ether oxygens (including phenoxy) is 1. The van der Waals surface area contributed by atoms with Crippen LogP contribution in [0.4, 0.5) is 10.1 Å². The Labute approximate surface area is 112 Å². The van der Waals surface area contributed by atoms with Crippen LogP contribution in [0.25, 0.3) is 0 Å². The zero-order valence-corrected chi connectivity index (χ0v) is 11.4. The van der Waals surface area contributed by atoms with Crippen LogP contribution in [0.5, 0.6) is 0 Å². The van der Waals surface area contributed by atoms with Gasteiger partial charge in [0, 0.05) is 12.6 Å². The molecule has 0 spiro atoms. The van der Waals surface area contributed by atoms with E-state index in [2.05, 4.69) is 4.72 Å². The van der Waals surface area contributed by atoms with Gasteiger partial charge in [-0.2, -0.15) is 0 Å². The summed E-state index contributed by atoms with van der Waals surface area (Å²) in [5.74, 6) is -0.639. The molecule has 2 unspecified atom stereocenters. The lowest BCUT2D eigenvalue weighted by Crippen LogP contribution is -2.41. The molecule has 2 rings (SSSR count). The third kappa shape index (κ3) is 3.23. The molecule has 7 heteroatoms. The highest BCUT2D eigenvalue weighted by Gasteiger charge is 2.28. The zero-order valence-electron chi connectivity index (χ0n) is 10.6. The third-order valence-electron chi connectivity index (χ3n) is 3.13. The Morgan fingerprint density at radius 1 is 1.53 bits per heavy atom. The van der Waals surface area contributed by atoms with Crippen molar-refractivity contribution in [1.29, 1.82) is 0 Å². The van der Waals surface area contributed by atoms with Crippen LogP contribution in [-0.4, -0.2) is 27.2 Å². The fourth-order valence-corrected chi connectivity index (χ4v) is 3.54. The average molecular weight is 288 g/mol. The molecule has 1 aromatic rings. The lowest BCUT2D eigenvalue weighted by molar-refractivity contribution is 0.0902. The SMILES string of the molecule is CC(NS(=O)(=O)c1cc(F)ccc1N)C1CCCO1. The monoisotopic (exact) mass is 288 g/mol. The first kappa shape index (κ1) is 14.2. The Kier molecular flexibility index (Phi) is 4.07. The van der Waals surface area contributed by atoms with Crippen molar-refractivity contribution in [3.63, 3.8) is 0 Å². The fourth-order valence-electron chi connectivity index (χ4n) is 2.12. The van der Waals surface area contributed by atoms with Gasteiger partial charge in [0.15, 0.2) is 0 Å². The summed E-state index contributed by atoms with van der Waals surface area (Å²) in [6.07, 6.45) is 1.57. The van der Waals surface area contributed by atoms with Crippen molar-refractivity contribution in [2.24, 2.45) is 0 Å². The van der Waals surface area contributed by atoms with Gasteiger partial charge in [0.05, 0.1) is 11.8 Å². The minimum atomic E-state index is -3.85. The Bertz CT molecular complexity index is 556. The molecule has 0 radical (unpaired) electrons. The highest BCUT2D eigenvalue weighted by atomic mass is 32.2. The van der Waals surface area contributed by atoms with Crippen LogP contribution in [-0.2, 0) is 14.8 Å². The summed E-state index contributed by atoms with van der Waals surface area (Å²) in [5.41, 5.74) is 5.61. The van der Waals surface area contributed by atoms with Gasteiger partial charge in [-0.1, -0.05) is 0 Å². The largest absolute Gasteiger partial charge is 0.398 e.